The van der Waals surface area contributed by atoms with E-state index in [1.54, 1.807) is 0 Å². The molecule has 0 N–H and O–H groups in total. The average molecular weight is 295 g/mol. The maximum absolute atomic E-state index is 2.54. The zero-order valence-corrected chi connectivity index (χ0v) is 13.7. The number of benzene rings is 2. The van der Waals surface area contributed by atoms with Crippen molar-refractivity contribution in [1.82, 2.24) is 0 Å². The first-order valence-corrected chi connectivity index (χ1v) is 9.37. The van der Waals surface area contributed by atoms with E-state index in [4.69, 9.17) is 0 Å². The molecule has 0 nitrogen and oxygen atoms in total. The Morgan fingerprint density at radius 3 is 1.62 bits per heavy atom. The minimum absolute atomic E-state index is 0.469. The van der Waals surface area contributed by atoms with Gasteiger partial charge in [0.2, 0.25) is 0 Å². The highest BCUT2D eigenvalue weighted by Crippen LogP contribution is 2.28. The molecule has 1 heteroatoms. The average Bonchev–Trinajstić information content (AvgIpc) is 3.00. The number of hydrogen-bond acceptors (Lipinski definition) is 0. The van der Waals surface area contributed by atoms with Gasteiger partial charge in [-0.05, 0) is 37.8 Å². The second kappa shape index (κ2) is 6.53. The van der Waals surface area contributed by atoms with Crippen molar-refractivity contribution in [2.45, 2.75) is 26.7 Å². The lowest BCUT2D eigenvalue weighted by Gasteiger charge is -2.09. The fourth-order valence-electron chi connectivity index (χ4n) is 2.73. The van der Waals surface area contributed by atoms with E-state index >= 15 is 0 Å². The number of aryl methyl sites for hydroxylation is 2. The molecule has 0 unspecified atom stereocenters. The Labute approximate surface area is 131 Å². The lowest BCUT2D eigenvalue weighted by Crippen LogP contribution is -2.00. The zero-order chi connectivity index (χ0) is 14.7. The summed E-state index contributed by atoms with van der Waals surface area (Å²) in [5, 5.41) is 2.54. The Morgan fingerprint density at radius 1 is 0.762 bits per heavy atom. The Balaban J connectivity index is 2.01. The molecule has 108 valence electrons. The lowest BCUT2D eigenvalue weighted by atomic mass is 9.98. The third-order valence-electron chi connectivity index (χ3n) is 4.07. The molecule has 0 aromatic heterocycles. The van der Waals surface area contributed by atoms with Crippen molar-refractivity contribution in [1.29, 1.82) is 0 Å². The van der Waals surface area contributed by atoms with Gasteiger partial charge in [0.1, 0.15) is 16.9 Å². The van der Waals surface area contributed by atoms with Gasteiger partial charge < -0.3 is 0 Å². The Bertz CT molecular complexity index is 566. The van der Waals surface area contributed by atoms with Gasteiger partial charge in [-0.25, -0.2) is 0 Å². The van der Waals surface area contributed by atoms with Crippen molar-refractivity contribution in [3.05, 3.63) is 76.2 Å². The molecule has 0 saturated carbocycles. The quantitative estimate of drug-likeness (QED) is 0.691. The van der Waals surface area contributed by atoms with Crippen molar-refractivity contribution in [2.75, 3.05) is 11.5 Å². The van der Waals surface area contributed by atoms with E-state index in [0.717, 1.165) is 0 Å². The summed E-state index contributed by atoms with van der Waals surface area (Å²) in [7, 11) is 0.469. The third kappa shape index (κ3) is 3.59. The van der Waals surface area contributed by atoms with Crippen molar-refractivity contribution < 1.29 is 0 Å². The van der Waals surface area contributed by atoms with Crippen LogP contribution >= 0.6 is 0 Å². The van der Waals surface area contributed by atoms with Crippen LogP contribution in [0, 0.1) is 13.8 Å². The van der Waals surface area contributed by atoms with Gasteiger partial charge in [0.05, 0.1) is 0 Å². The van der Waals surface area contributed by atoms with E-state index in [0.29, 0.717) is 10.9 Å². The molecule has 1 aliphatic rings. The molecule has 0 spiro atoms. The summed E-state index contributed by atoms with van der Waals surface area (Å²) in [6.45, 7) is 4.30. The van der Waals surface area contributed by atoms with Gasteiger partial charge >= 0.3 is 0 Å². The maximum atomic E-state index is 2.54. The highest BCUT2D eigenvalue weighted by molar-refractivity contribution is 8.00. The molecule has 2 aromatic carbocycles. The summed E-state index contributed by atoms with van der Waals surface area (Å²) in [6.07, 6.45) is 2.80. The summed E-state index contributed by atoms with van der Waals surface area (Å²) in [5.74, 6) is 2.75. The summed E-state index contributed by atoms with van der Waals surface area (Å²) in [6, 6.07) is 17.9. The van der Waals surface area contributed by atoms with Crippen LogP contribution in [0.1, 0.15) is 35.1 Å². The van der Waals surface area contributed by atoms with Gasteiger partial charge in [0.25, 0.3) is 0 Å². The molecule has 1 saturated heterocycles. The van der Waals surface area contributed by atoms with Gasteiger partial charge in [-0.15, -0.1) is 0 Å². The minimum atomic E-state index is 0.469. The van der Waals surface area contributed by atoms with Gasteiger partial charge in [-0.3, -0.25) is 0 Å². The molecule has 1 fully saturated rings. The van der Waals surface area contributed by atoms with Crippen LogP contribution in [0.5, 0.6) is 0 Å². The fraction of sp³-hybridized carbons (Fsp3) is 0.300. The molecule has 1 heterocycles. The van der Waals surface area contributed by atoms with Gasteiger partial charge in [0.15, 0.2) is 0 Å². The number of rotatable bonds is 3. The molecular weight excluding hydrogens is 272 g/mol. The van der Waals surface area contributed by atoms with Gasteiger partial charge in [-0.2, -0.15) is 0 Å². The van der Waals surface area contributed by atoms with Crippen LogP contribution < -0.4 is 0 Å². The predicted octanol–water partition coefficient (Wildman–Crippen LogP) is 5.10. The first-order valence-electron chi connectivity index (χ1n) is 7.74. The molecule has 2 aromatic rings. The SMILES string of the molecule is Cc1ccc(C(=C[S+]2CCCC2)c2ccc(C)cc2)cc1. The largest absolute Gasteiger partial charge is 0.127 e. The van der Waals surface area contributed by atoms with Crippen molar-refractivity contribution in [2.24, 2.45) is 0 Å². The van der Waals surface area contributed by atoms with E-state index in [1.165, 1.54) is 52.2 Å². The molecule has 3 rings (SSSR count). The van der Waals surface area contributed by atoms with Crippen molar-refractivity contribution in [3.8, 4) is 0 Å². The van der Waals surface area contributed by atoms with Crippen LogP contribution in [-0.4, -0.2) is 11.5 Å². The van der Waals surface area contributed by atoms with E-state index in [1.807, 2.05) is 0 Å². The standard InChI is InChI=1S/C20H23S/c1-16-5-9-18(10-6-16)20(15-21-13-3-4-14-21)19-11-7-17(2)8-12-19/h5-12,15H,3-4,13-14H2,1-2H3/q+1. The molecule has 1 aliphatic heterocycles. The predicted molar refractivity (Wildman–Crippen MR) is 95.8 cm³/mol. The first-order chi connectivity index (χ1) is 10.2. The zero-order valence-electron chi connectivity index (χ0n) is 12.9. The van der Waals surface area contributed by atoms with E-state index < -0.39 is 0 Å². The normalized spacial score (nSPS) is 15.1. The Kier molecular flexibility index (Phi) is 4.50. The third-order valence-corrected chi connectivity index (χ3v) is 6.27. The monoisotopic (exact) mass is 295 g/mol. The number of hydrogen-bond donors (Lipinski definition) is 0. The van der Waals surface area contributed by atoms with E-state index in [-0.39, 0.29) is 0 Å². The molecule has 0 amide bonds. The highest BCUT2D eigenvalue weighted by Gasteiger charge is 2.23. The second-order valence-electron chi connectivity index (χ2n) is 5.92. The smallest absolute Gasteiger partial charge is 0.0587 e. The van der Waals surface area contributed by atoms with Gasteiger partial charge in [-0.1, -0.05) is 59.7 Å². The summed E-state index contributed by atoms with van der Waals surface area (Å²) < 4.78 is 0. The van der Waals surface area contributed by atoms with Crippen molar-refractivity contribution in [3.63, 3.8) is 0 Å². The molecule has 0 atom stereocenters. The van der Waals surface area contributed by atoms with Crippen molar-refractivity contribution >= 4 is 16.5 Å². The van der Waals surface area contributed by atoms with Crippen LogP contribution in [-0.2, 0) is 10.9 Å². The molecule has 21 heavy (non-hydrogen) atoms. The van der Waals surface area contributed by atoms with E-state index in [9.17, 15) is 0 Å². The highest BCUT2D eigenvalue weighted by atomic mass is 32.2. The van der Waals surface area contributed by atoms with Crippen LogP contribution in [0.25, 0.3) is 5.57 Å². The van der Waals surface area contributed by atoms with Crippen LogP contribution in [0.15, 0.2) is 53.9 Å². The molecular formula is C20H23S+. The first kappa shape index (κ1) is 14.5. The fourth-order valence-corrected chi connectivity index (χ4v) is 4.93. The maximum Gasteiger partial charge on any atom is 0.127 e. The van der Waals surface area contributed by atoms with E-state index in [2.05, 4.69) is 67.8 Å². The summed E-state index contributed by atoms with van der Waals surface area (Å²) in [4.78, 5) is 0. The molecule has 0 radical (unpaired) electrons. The van der Waals surface area contributed by atoms with Gasteiger partial charge in [0, 0.05) is 16.5 Å². The van der Waals surface area contributed by atoms with Crippen LogP contribution in [0.4, 0.5) is 0 Å². The summed E-state index contributed by atoms with van der Waals surface area (Å²) in [5.41, 5.74) is 6.77. The lowest BCUT2D eigenvalue weighted by molar-refractivity contribution is 0.949. The second-order valence-corrected chi connectivity index (χ2v) is 8.04. The van der Waals surface area contributed by atoms with Crippen LogP contribution in [0.2, 0.25) is 0 Å². The minimum Gasteiger partial charge on any atom is -0.0587 e. The topological polar surface area (TPSA) is 0 Å². The Hall–Kier alpha value is -1.47. The Morgan fingerprint density at radius 2 is 1.19 bits per heavy atom. The summed E-state index contributed by atoms with van der Waals surface area (Å²) >= 11 is 0. The molecule has 0 bridgehead atoms. The molecule has 0 aliphatic carbocycles. The van der Waals surface area contributed by atoms with Crippen LogP contribution in [0.3, 0.4) is 0 Å².